The number of hydrogen-bond acceptors (Lipinski definition) is 2. The SMILES string of the molecule is CC(C(=O)NCC1CCCCC1N)C1CC1. The van der Waals surface area contributed by atoms with Gasteiger partial charge in [-0.05, 0) is 37.5 Å². The van der Waals surface area contributed by atoms with Crippen molar-refractivity contribution in [3.8, 4) is 0 Å². The maximum atomic E-state index is 11.8. The van der Waals surface area contributed by atoms with Gasteiger partial charge >= 0.3 is 0 Å². The van der Waals surface area contributed by atoms with Crippen molar-refractivity contribution in [2.45, 2.75) is 51.5 Å². The molecule has 0 aromatic carbocycles. The van der Waals surface area contributed by atoms with Crippen LogP contribution in [0.15, 0.2) is 0 Å². The number of nitrogens with one attached hydrogen (secondary N) is 1. The maximum Gasteiger partial charge on any atom is 0.223 e. The van der Waals surface area contributed by atoms with Gasteiger partial charge in [0.25, 0.3) is 0 Å². The summed E-state index contributed by atoms with van der Waals surface area (Å²) in [6.45, 7) is 2.84. The Hall–Kier alpha value is -0.570. The molecule has 0 aromatic heterocycles. The highest BCUT2D eigenvalue weighted by Crippen LogP contribution is 2.36. The molecule has 3 nitrogen and oxygen atoms in total. The van der Waals surface area contributed by atoms with E-state index in [2.05, 4.69) is 5.32 Å². The summed E-state index contributed by atoms with van der Waals surface area (Å²) in [5.74, 6) is 1.60. The molecule has 0 heterocycles. The summed E-state index contributed by atoms with van der Waals surface area (Å²) in [4.78, 5) is 11.8. The zero-order valence-electron chi connectivity index (χ0n) is 10.2. The number of hydrogen-bond donors (Lipinski definition) is 2. The minimum Gasteiger partial charge on any atom is -0.356 e. The molecule has 0 saturated heterocycles. The summed E-state index contributed by atoms with van der Waals surface area (Å²) in [5.41, 5.74) is 6.06. The second-order valence-electron chi connectivity index (χ2n) is 5.58. The smallest absolute Gasteiger partial charge is 0.223 e. The van der Waals surface area contributed by atoms with Crippen molar-refractivity contribution in [2.24, 2.45) is 23.5 Å². The van der Waals surface area contributed by atoms with E-state index in [-0.39, 0.29) is 11.8 Å². The van der Waals surface area contributed by atoms with Gasteiger partial charge in [-0.15, -0.1) is 0 Å². The molecule has 2 aliphatic rings. The first-order valence-corrected chi connectivity index (χ1v) is 6.71. The van der Waals surface area contributed by atoms with E-state index in [1.54, 1.807) is 0 Å². The van der Waals surface area contributed by atoms with Crippen molar-refractivity contribution in [1.82, 2.24) is 5.32 Å². The molecule has 2 fully saturated rings. The molecule has 3 atom stereocenters. The molecule has 0 radical (unpaired) electrons. The van der Waals surface area contributed by atoms with Gasteiger partial charge in [0.1, 0.15) is 0 Å². The average Bonchev–Trinajstić information content (AvgIpc) is 3.10. The van der Waals surface area contributed by atoms with Gasteiger partial charge in [0.15, 0.2) is 0 Å². The monoisotopic (exact) mass is 224 g/mol. The summed E-state index contributed by atoms with van der Waals surface area (Å²) < 4.78 is 0. The molecule has 0 aliphatic heterocycles. The van der Waals surface area contributed by atoms with Crippen LogP contribution >= 0.6 is 0 Å². The first kappa shape index (κ1) is 11.9. The molecule has 92 valence electrons. The van der Waals surface area contributed by atoms with E-state index in [4.69, 9.17) is 5.73 Å². The highest BCUT2D eigenvalue weighted by molar-refractivity contribution is 5.78. The van der Waals surface area contributed by atoms with Gasteiger partial charge in [-0.3, -0.25) is 4.79 Å². The first-order valence-electron chi connectivity index (χ1n) is 6.71. The number of carbonyl (C=O) groups excluding carboxylic acids is 1. The molecular formula is C13H24N2O. The summed E-state index contributed by atoms with van der Waals surface area (Å²) in [7, 11) is 0. The van der Waals surface area contributed by atoms with Crippen molar-refractivity contribution in [3.63, 3.8) is 0 Å². The third-order valence-electron chi connectivity index (χ3n) is 4.25. The first-order chi connectivity index (χ1) is 7.68. The summed E-state index contributed by atoms with van der Waals surface area (Å²) in [6.07, 6.45) is 7.30. The van der Waals surface area contributed by atoms with Gasteiger partial charge < -0.3 is 11.1 Å². The van der Waals surface area contributed by atoms with Gasteiger partial charge in [0, 0.05) is 18.5 Å². The minimum absolute atomic E-state index is 0.208. The number of nitrogens with two attached hydrogens (primary N) is 1. The molecule has 3 heteroatoms. The standard InChI is InChI=1S/C13H24N2O/c1-9(10-6-7-10)13(16)15-8-11-4-2-3-5-12(11)14/h9-12H,2-8,14H2,1H3,(H,15,16). The summed E-state index contributed by atoms with van der Waals surface area (Å²) in [6, 6.07) is 0.297. The molecule has 3 unspecified atom stereocenters. The molecule has 16 heavy (non-hydrogen) atoms. The third-order valence-corrected chi connectivity index (χ3v) is 4.25. The third kappa shape index (κ3) is 2.97. The number of amides is 1. The van der Waals surface area contributed by atoms with Crippen LogP contribution in [0.5, 0.6) is 0 Å². The molecular weight excluding hydrogens is 200 g/mol. The van der Waals surface area contributed by atoms with Crippen LogP contribution < -0.4 is 11.1 Å². The van der Waals surface area contributed by atoms with E-state index >= 15 is 0 Å². The fraction of sp³-hybridized carbons (Fsp3) is 0.923. The molecule has 2 rings (SSSR count). The van der Waals surface area contributed by atoms with Crippen molar-refractivity contribution >= 4 is 5.91 Å². The Morgan fingerprint density at radius 1 is 1.31 bits per heavy atom. The van der Waals surface area contributed by atoms with Crippen LogP contribution in [0.1, 0.15) is 45.4 Å². The molecule has 1 amide bonds. The quantitative estimate of drug-likeness (QED) is 0.763. The predicted molar refractivity (Wildman–Crippen MR) is 64.8 cm³/mol. The van der Waals surface area contributed by atoms with E-state index in [0.717, 1.165) is 13.0 Å². The van der Waals surface area contributed by atoms with Crippen LogP contribution in [0.3, 0.4) is 0 Å². The lowest BCUT2D eigenvalue weighted by Gasteiger charge is -2.29. The summed E-state index contributed by atoms with van der Waals surface area (Å²) in [5, 5.41) is 3.08. The van der Waals surface area contributed by atoms with Crippen LogP contribution in [-0.2, 0) is 4.79 Å². The lowest BCUT2D eigenvalue weighted by atomic mass is 9.85. The highest BCUT2D eigenvalue weighted by atomic mass is 16.1. The highest BCUT2D eigenvalue weighted by Gasteiger charge is 2.33. The fourth-order valence-corrected chi connectivity index (χ4v) is 2.69. The molecule has 0 bridgehead atoms. The molecule has 0 aromatic rings. The van der Waals surface area contributed by atoms with Gasteiger partial charge in [0.2, 0.25) is 5.91 Å². The summed E-state index contributed by atoms with van der Waals surface area (Å²) >= 11 is 0. The Morgan fingerprint density at radius 2 is 2.00 bits per heavy atom. The Morgan fingerprint density at radius 3 is 2.62 bits per heavy atom. The van der Waals surface area contributed by atoms with Gasteiger partial charge in [-0.2, -0.15) is 0 Å². The van der Waals surface area contributed by atoms with E-state index in [1.807, 2.05) is 6.92 Å². The van der Waals surface area contributed by atoms with Crippen LogP contribution in [-0.4, -0.2) is 18.5 Å². The Labute approximate surface area is 98.2 Å². The van der Waals surface area contributed by atoms with Crippen LogP contribution in [0.25, 0.3) is 0 Å². The lowest BCUT2D eigenvalue weighted by molar-refractivity contribution is -0.125. The number of rotatable bonds is 4. The van der Waals surface area contributed by atoms with Crippen LogP contribution in [0.2, 0.25) is 0 Å². The average molecular weight is 224 g/mol. The van der Waals surface area contributed by atoms with E-state index in [1.165, 1.54) is 32.1 Å². The second-order valence-corrected chi connectivity index (χ2v) is 5.58. The molecule has 3 N–H and O–H groups in total. The topological polar surface area (TPSA) is 55.1 Å². The zero-order chi connectivity index (χ0) is 11.5. The predicted octanol–water partition coefficient (Wildman–Crippen LogP) is 1.67. The number of carbonyl (C=O) groups is 1. The minimum atomic E-state index is 0.208. The van der Waals surface area contributed by atoms with Crippen molar-refractivity contribution in [3.05, 3.63) is 0 Å². The largest absolute Gasteiger partial charge is 0.356 e. The van der Waals surface area contributed by atoms with Gasteiger partial charge in [0.05, 0.1) is 0 Å². The van der Waals surface area contributed by atoms with Gasteiger partial charge in [-0.1, -0.05) is 19.8 Å². The lowest BCUT2D eigenvalue weighted by Crippen LogP contribution is -2.42. The maximum absolute atomic E-state index is 11.8. The van der Waals surface area contributed by atoms with Crippen molar-refractivity contribution < 1.29 is 4.79 Å². The van der Waals surface area contributed by atoms with Crippen LogP contribution in [0.4, 0.5) is 0 Å². The van der Waals surface area contributed by atoms with Gasteiger partial charge in [-0.25, -0.2) is 0 Å². The van der Waals surface area contributed by atoms with Crippen molar-refractivity contribution in [1.29, 1.82) is 0 Å². The normalized spacial score (nSPS) is 32.1. The zero-order valence-corrected chi connectivity index (χ0v) is 10.2. The second kappa shape index (κ2) is 5.17. The Bertz CT molecular complexity index is 250. The van der Waals surface area contributed by atoms with Crippen LogP contribution in [0, 0.1) is 17.8 Å². The Balaban J connectivity index is 1.71. The molecule has 0 spiro atoms. The molecule has 2 saturated carbocycles. The van der Waals surface area contributed by atoms with E-state index in [0.29, 0.717) is 17.9 Å². The van der Waals surface area contributed by atoms with E-state index in [9.17, 15) is 4.79 Å². The Kier molecular flexibility index (Phi) is 3.85. The fourth-order valence-electron chi connectivity index (χ4n) is 2.69. The van der Waals surface area contributed by atoms with Crippen molar-refractivity contribution in [2.75, 3.05) is 6.54 Å². The molecule has 2 aliphatic carbocycles. The van der Waals surface area contributed by atoms with E-state index < -0.39 is 0 Å².